The lowest BCUT2D eigenvalue weighted by Crippen LogP contribution is -2.38. The number of benzene rings is 1. The van der Waals surface area contributed by atoms with E-state index in [9.17, 15) is 13.6 Å². The van der Waals surface area contributed by atoms with Crippen molar-refractivity contribution in [2.24, 2.45) is 5.73 Å². The zero-order chi connectivity index (χ0) is 16.2. The van der Waals surface area contributed by atoms with Crippen LogP contribution in [0, 0.1) is 11.6 Å². The lowest BCUT2D eigenvalue weighted by Gasteiger charge is -2.24. The maximum Gasteiger partial charge on any atom is 0.408 e. The molecule has 0 aliphatic carbocycles. The second-order valence-corrected chi connectivity index (χ2v) is 5.42. The first-order chi connectivity index (χ1) is 9.69. The Morgan fingerprint density at radius 1 is 1.38 bits per heavy atom. The van der Waals surface area contributed by atoms with Crippen molar-refractivity contribution in [3.8, 4) is 5.75 Å². The molecule has 1 atom stereocenters. The van der Waals surface area contributed by atoms with Crippen molar-refractivity contribution >= 4 is 6.09 Å². The number of carbonyl (C=O) groups is 1. The molecule has 1 amide bonds. The molecule has 118 valence electrons. The van der Waals surface area contributed by atoms with Crippen LogP contribution in [0.3, 0.4) is 0 Å². The molecule has 0 aromatic heterocycles. The Balaban J connectivity index is 3.01. The third-order valence-electron chi connectivity index (χ3n) is 2.59. The fraction of sp³-hybridized carbons (Fsp3) is 0.500. The van der Waals surface area contributed by atoms with Crippen molar-refractivity contribution in [3.05, 3.63) is 29.3 Å². The van der Waals surface area contributed by atoms with Gasteiger partial charge in [0.25, 0.3) is 0 Å². The number of halogens is 2. The van der Waals surface area contributed by atoms with Gasteiger partial charge in [-0.1, -0.05) is 6.07 Å². The summed E-state index contributed by atoms with van der Waals surface area (Å²) in [5, 5.41) is 2.51. The van der Waals surface area contributed by atoms with Crippen LogP contribution in [0.1, 0.15) is 32.4 Å². The van der Waals surface area contributed by atoms with Crippen LogP contribution in [0.4, 0.5) is 13.6 Å². The quantitative estimate of drug-likeness (QED) is 0.896. The van der Waals surface area contributed by atoms with Gasteiger partial charge in [0.2, 0.25) is 5.82 Å². The number of hydrogen-bond acceptors (Lipinski definition) is 4. The van der Waals surface area contributed by atoms with Crippen LogP contribution in [-0.2, 0) is 4.74 Å². The lowest BCUT2D eigenvalue weighted by atomic mass is 10.1. The highest BCUT2D eigenvalue weighted by molar-refractivity contribution is 5.68. The molecule has 0 radical (unpaired) electrons. The van der Waals surface area contributed by atoms with E-state index in [4.69, 9.17) is 15.2 Å². The Morgan fingerprint density at radius 3 is 2.48 bits per heavy atom. The molecular weight excluding hydrogens is 282 g/mol. The summed E-state index contributed by atoms with van der Waals surface area (Å²) in [5.41, 5.74) is 5.15. The maximum atomic E-state index is 13.7. The zero-order valence-corrected chi connectivity index (χ0v) is 12.5. The Bertz CT molecular complexity index is 516. The number of carbonyl (C=O) groups excluding carboxylic acids is 1. The molecule has 0 aliphatic heterocycles. The summed E-state index contributed by atoms with van der Waals surface area (Å²) in [6.07, 6.45) is -0.704. The number of alkyl carbamates (subject to hydrolysis) is 1. The zero-order valence-electron chi connectivity index (χ0n) is 12.5. The molecule has 1 aromatic rings. The fourth-order valence-corrected chi connectivity index (χ4v) is 1.74. The summed E-state index contributed by atoms with van der Waals surface area (Å²) >= 11 is 0. The number of amides is 1. The van der Waals surface area contributed by atoms with Gasteiger partial charge >= 0.3 is 6.09 Å². The second-order valence-electron chi connectivity index (χ2n) is 5.42. The molecule has 3 N–H and O–H groups in total. The topological polar surface area (TPSA) is 73.6 Å². The van der Waals surface area contributed by atoms with Gasteiger partial charge in [-0.2, -0.15) is 4.39 Å². The van der Waals surface area contributed by atoms with Gasteiger partial charge in [0.1, 0.15) is 5.60 Å². The number of hydrogen-bond donors (Lipinski definition) is 2. The molecule has 1 rings (SSSR count). The molecule has 0 bridgehead atoms. The fourth-order valence-electron chi connectivity index (χ4n) is 1.74. The van der Waals surface area contributed by atoms with Crippen molar-refractivity contribution in [2.75, 3.05) is 13.7 Å². The Labute approximate surface area is 122 Å². The van der Waals surface area contributed by atoms with Crippen LogP contribution in [0.2, 0.25) is 0 Å². The van der Waals surface area contributed by atoms with E-state index in [1.54, 1.807) is 20.8 Å². The molecule has 0 saturated carbocycles. The first-order valence-corrected chi connectivity index (χ1v) is 6.41. The molecule has 5 nitrogen and oxygen atoms in total. The number of methoxy groups -OCH3 is 1. The summed E-state index contributed by atoms with van der Waals surface area (Å²) in [4.78, 5) is 11.8. The Morgan fingerprint density at radius 2 is 2.00 bits per heavy atom. The predicted octanol–water partition coefficient (Wildman–Crippen LogP) is 2.50. The molecule has 0 fully saturated rings. The van der Waals surface area contributed by atoms with Crippen molar-refractivity contribution in [3.63, 3.8) is 0 Å². The summed E-state index contributed by atoms with van der Waals surface area (Å²) in [6.45, 7) is 5.10. The minimum Gasteiger partial charge on any atom is -0.493 e. The minimum atomic E-state index is -1.13. The van der Waals surface area contributed by atoms with E-state index in [2.05, 4.69) is 5.32 Å². The highest BCUT2D eigenvalue weighted by Gasteiger charge is 2.24. The van der Waals surface area contributed by atoms with Gasteiger partial charge in [-0.25, -0.2) is 9.18 Å². The smallest absolute Gasteiger partial charge is 0.408 e. The van der Waals surface area contributed by atoms with Gasteiger partial charge in [0.15, 0.2) is 11.6 Å². The van der Waals surface area contributed by atoms with E-state index in [1.165, 1.54) is 13.2 Å². The summed E-state index contributed by atoms with van der Waals surface area (Å²) in [6, 6.07) is 1.50. The van der Waals surface area contributed by atoms with Crippen LogP contribution < -0.4 is 15.8 Å². The maximum absolute atomic E-state index is 13.7. The molecule has 0 spiro atoms. The largest absolute Gasteiger partial charge is 0.493 e. The van der Waals surface area contributed by atoms with Crippen molar-refractivity contribution in [2.45, 2.75) is 32.4 Å². The third kappa shape index (κ3) is 4.56. The van der Waals surface area contributed by atoms with Gasteiger partial charge in [-0.3, -0.25) is 0 Å². The van der Waals surface area contributed by atoms with E-state index >= 15 is 0 Å². The average molecular weight is 302 g/mol. The first-order valence-electron chi connectivity index (χ1n) is 6.41. The molecular formula is C14H20F2N2O3. The standard InChI is InChI=1S/C14H20F2N2O3/c1-14(2,3)21-13(19)18-10(7-17)8-5-6-9(15)11(16)12(8)20-4/h5-6,10H,7,17H2,1-4H3,(H,18,19). The van der Waals surface area contributed by atoms with E-state index in [0.717, 1.165) is 6.07 Å². The SMILES string of the molecule is COc1c(C(CN)NC(=O)OC(C)(C)C)ccc(F)c1F. The second kappa shape index (κ2) is 6.71. The van der Waals surface area contributed by atoms with Gasteiger partial charge in [0.05, 0.1) is 13.2 Å². The monoisotopic (exact) mass is 302 g/mol. The highest BCUT2D eigenvalue weighted by atomic mass is 19.2. The molecule has 7 heteroatoms. The lowest BCUT2D eigenvalue weighted by molar-refractivity contribution is 0.0504. The van der Waals surface area contributed by atoms with E-state index in [0.29, 0.717) is 0 Å². The van der Waals surface area contributed by atoms with E-state index < -0.39 is 29.4 Å². The van der Waals surface area contributed by atoms with Crippen LogP contribution >= 0.6 is 0 Å². The van der Waals surface area contributed by atoms with Crippen molar-refractivity contribution < 1.29 is 23.0 Å². The van der Waals surface area contributed by atoms with Crippen molar-refractivity contribution in [1.82, 2.24) is 5.32 Å². The van der Waals surface area contributed by atoms with Crippen molar-refractivity contribution in [1.29, 1.82) is 0 Å². The summed E-state index contributed by atoms with van der Waals surface area (Å²) < 4.78 is 36.8. The predicted molar refractivity (Wildman–Crippen MR) is 74.1 cm³/mol. The Kier molecular flexibility index (Phi) is 5.48. The first kappa shape index (κ1) is 17.2. The number of rotatable bonds is 4. The van der Waals surface area contributed by atoms with Gasteiger partial charge < -0.3 is 20.5 Å². The van der Waals surface area contributed by atoms with Gasteiger partial charge in [-0.15, -0.1) is 0 Å². The molecule has 0 heterocycles. The summed E-state index contributed by atoms with van der Waals surface area (Å²) in [5.74, 6) is -2.45. The van der Waals surface area contributed by atoms with Gasteiger partial charge in [-0.05, 0) is 26.8 Å². The third-order valence-corrected chi connectivity index (χ3v) is 2.59. The molecule has 1 unspecified atom stereocenters. The van der Waals surface area contributed by atoms with E-state index in [-0.39, 0.29) is 17.9 Å². The average Bonchev–Trinajstić information content (AvgIpc) is 2.37. The number of nitrogens with one attached hydrogen (secondary N) is 1. The van der Waals surface area contributed by atoms with E-state index in [1.807, 2.05) is 0 Å². The molecule has 0 saturated heterocycles. The highest BCUT2D eigenvalue weighted by Crippen LogP contribution is 2.29. The molecule has 21 heavy (non-hydrogen) atoms. The van der Waals surface area contributed by atoms with Gasteiger partial charge in [0, 0.05) is 12.1 Å². The Hall–Kier alpha value is -1.89. The normalized spacial score (nSPS) is 12.7. The molecule has 0 aliphatic rings. The van der Waals surface area contributed by atoms with Crippen LogP contribution in [0.25, 0.3) is 0 Å². The van der Waals surface area contributed by atoms with Crippen LogP contribution in [-0.4, -0.2) is 25.3 Å². The minimum absolute atomic E-state index is 0.0271. The molecule has 1 aromatic carbocycles. The number of nitrogens with two attached hydrogens (primary N) is 1. The number of ether oxygens (including phenoxy) is 2. The van der Waals surface area contributed by atoms with Crippen LogP contribution in [0.15, 0.2) is 12.1 Å². The van der Waals surface area contributed by atoms with Crippen LogP contribution in [0.5, 0.6) is 5.75 Å². The summed E-state index contributed by atoms with van der Waals surface area (Å²) in [7, 11) is 1.21.